The Balaban J connectivity index is 2.60. The minimum Gasteiger partial charge on any atom is -0.380 e. The van der Waals surface area contributed by atoms with Gasteiger partial charge in [-0.2, -0.15) is 0 Å². The Bertz CT molecular complexity index is 314. The first-order chi connectivity index (χ1) is 7.15. The SMILES string of the molecule is CCCCC(C)Nc1cccc(Cl)c1F. The molecule has 0 aliphatic carbocycles. The van der Waals surface area contributed by atoms with Crippen LogP contribution >= 0.6 is 11.6 Å². The van der Waals surface area contributed by atoms with Gasteiger partial charge in [-0.3, -0.25) is 0 Å². The van der Waals surface area contributed by atoms with Gasteiger partial charge < -0.3 is 5.32 Å². The van der Waals surface area contributed by atoms with Gasteiger partial charge in [0.2, 0.25) is 0 Å². The molecule has 0 heterocycles. The van der Waals surface area contributed by atoms with Crippen molar-refractivity contribution in [3.63, 3.8) is 0 Å². The summed E-state index contributed by atoms with van der Waals surface area (Å²) in [6, 6.07) is 5.29. The third kappa shape index (κ3) is 3.71. The summed E-state index contributed by atoms with van der Waals surface area (Å²) in [5, 5.41) is 3.30. The Morgan fingerprint density at radius 2 is 2.20 bits per heavy atom. The van der Waals surface area contributed by atoms with Crippen LogP contribution in [0.2, 0.25) is 5.02 Å². The highest BCUT2D eigenvalue weighted by atomic mass is 35.5. The molecule has 84 valence electrons. The van der Waals surface area contributed by atoms with Crippen molar-refractivity contribution in [3.8, 4) is 0 Å². The zero-order valence-corrected chi connectivity index (χ0v) is 9.94. The molecule has 0 aliphatic heterocycles. The molecule has 0 aromatic heterocycles. The summed E-state index contributed by atoms with van der Waals surface area (Å²) in [6.07, 6.45) is 3.35. The Hall–Kier alpha value is -0.760. The van der Waals surface area contributed by atoms with Crippen molar-refractivity contribution in [1.82, 2.24) is 0 Å². The van der Waals surface area contributed by atoms with Gasteiger partial charge >= 0.3 is 0 Å². The Kier molecular flexibility index (Phi) is 4.89. The molecule has 1 N–H and O–H groups in total. The molecule has 0 aliphatic rings. The highest BCUT2D eigenvalue weighted by Crippen LogP contribution is 2.23. The van der Waals surface area contributed by atoms with Gasteiger partial charge in [0.25, 0.3) is 0 Å². The van der Waals surface area contributed by atoms with Crippen molar-refractivity contribution in [2.24, 2.45) is 0 Å². The third-order valence-electron chi connectivity index (χ3n) is 2.34. The maximum atomic E-state index is 13.5. The van der Waals surface area contributed by atoms with E-state index in [1.807, 2.05) is 0 Å². The van der Waals surface area contributed by atoms with E-state index < -0.39 is 0 Å². The van der Waals surface area contributed by atoms with Gasteiger partial charge in [-0.15, -0.1) is 0 Å². The average Bonchev–Trinajstić information content (AvgIpc) is 2.22. The van der Waals surface area contributed by atoms with E-state index in [1.54, 1.807) is 18.2 Å². The monoisotopic (exact) mass is 229 g/mol. The number of nitrogens with one attached hydrogen (secondary N) is 1. The van der Waals surface area contributed by atoms with E-state index in [4.69, 9.17) is 11.6 Å². The van der Waals surface area contributed by atoms with Gasteiger partial charge in [-0.25, -0.2) is 4.39 Å². The minimum atomic E-state index is -0.359. The summed E-state index contributed by atoms with van der Waals surface area (Å²) in [6.45, 7) is 4.20. The van der Waals surface area contributed by atoms with Crippen molar-refractivity contribution >= 4 is 17.3 Å². The molecule has 1 aromatic carbocycles. The lowest BCUT2D eigenvalue weighted by Crippen LogP contribution is -2.15. The van der Waals surface area contributed by atoms with Gasteiger partial charge in [-0.05, 0) is 25.5 Å². The summed E-state index contributed by atoms with van der Waals surface area (Å²) in [4.78, 5) is 0. The molecule has 0 saturated carbocycles. The molecule has 1 rings (SSSR count). The lowest BCUT2D eigenvalue weighted by molar-refractivity contribution is 0.612. The van der Waals surface area contributed by atoms with Crippen LogP contribution in [0.5, 0.6) is 0 Å². The van der Waals surface area contributed by atoms with Crippen LogP contribution in [0.25, 0.3) is 0 Å². The third-order valence-corrected chi connectivity index (χ3v) is 2.64. The quantitative estimate of drug-likeness (QED) is 0.786. The maximum absolute atomic E-state index is 13.5. The second kappa shape index (κ2) is 5.96. The van der Waals surface area contributed by atoms with Crippen LogP contribution in [-0.2, 0) is 0 Å². The lowest BCUT2D eigenvalue weighted by Gasteiger charge is -2.15. The van der Waals surface area contributed by atoms with Crippen LogP contribution in [0.15, 0.2) is 18.2 Å². The highest BCUT2D eigenvalue weighted by Gasteiger charge is 2.08. The zero-order valence-electron chi connectivity index (χ0n) is 9.19. The number of halogens is 2. The number of hydrogen-bond donors (Lipinski definition) is 1. The summed E-state index contributed by atoms with van der Waals surface area (Å²) < 4.78 is 13.5. The van der Waals surface area contributed by atoms with Crippen molar-refractivity contribution in [2.75, 3.05) is 5.32 Å². The van der Waals surface area contributed by atoms with Gasteiger partial charge in [0.15, 0.2) is 5.82 Å². The number of unbranched alkanes of at least 4 members (excludes halogenated alkanes) is 1. The average molecular weight is 230 g/mol. The van der Waals surface area contributed by atoms with E-state index in [-0.39, 0.29) is 16.9 Å². The standard InChI is InChI=1S/C12H17ClFN/c1-3-4-6-9(2)15-11-8-5-7-10(13)12(11)14/h5,7-9,15H,3-4,6H2,1-2H3. The molecule has 0 fully saturated rings. The first-order valence-corrected chi connectivity index (χ1v) is 5.73. The van der Waals surface area contributed by atoms with Gasteiger partial charge in [0.1, 0.15) is 0 Å². The van der Waals surface area contributed by atoms with Crippen LogP contribution in [0.3, 0.4) is 0 Å². The molecule has 0 saturated heterocycles. The topological polar surface area (TPSA) is 12.0 Å². The normalized spacial score (nSPS) is 12.5. The predicted octanol–water partition coefficient (Wildman–Crippen LogP) is 4.47. The first-order valence-electron chi connectivity index (χ1n) is 5.35. The molecule has 0 bridgehead atoms. The molecule has 1 aromatic rings. The van der Waals surface area contributed by atoms with E-state index in [0.29, 0.717) is 5.69 Å². The Morgan fingerprint density at radius 3 is 2.87 bits per heavy atom. The smallest absolute Gasteiger partial charge is 0.164 e. The van der Waals surface area contributed by atoms with Crippen molar-refractivity contribution < 1.29 is 4.39 Å². The van der Waals surface area contributed by atoms with Crippen molar-refractivity contribution in [1.29, 1.82) is 0 Å². The van der Waals surface area contributed by atoms with Gasteiger partial charge in [0.05, 0.1) is 10.7 Å². The van der Waals surface area contributed by atoms with Crippen LogP contribution in [-0.4, -0.2) is 6.04 Å². The summed E-state index contributed by atoms with van der Waals surface area (Å²) in [5.74, 6) is -0.359. The predicted molar refractivity (Wildman–Crippen MR) is 64.0 cm³/mol. The Labute approximate surface area is 95.6 Å². The number of hydrogen-bond acceptors (Lipinski definition) is 1. The largest absolute Gasteiger partial charge is 0.380 e. The van der Waals surface area contributed by atoms with Crippen LogP contribution in [0, 0.1) is 5.82 Å². The lowest BCUT2D eigenvalue weighted by atomic mass is 10.1. The van der Waals surface area contributed by atoms with E-state index in [9.17, 15) is 4.39 Å². The van der Waals surface area contributed by atoms with Crippen LogP contribution < -0.4 is 5.32 Å². The van der Waals surface area contributed by atoms with Gasteiger partial charge in [-0.1, -0.05) is 37.4 Å². The van der Waals surface area contributed by atoms with E-state index in [0.717, 1.165) is 19.3 Å². The number of benzene rings is 1. The van der Waals surface area contributed by atoms with Crippen LogP contribution in [0.4, 0.5) is 10.1 Å². The van der Waals surface area contributed by atoms with Gasteiger partial charge in [0, 0.05) is 6.04 Å². The van der Waals surface area contributed by atoms with Crippen molar-refractivity contribution in [2.45, 2.75) is 39.2 Å². The minimum absolute atomic E-state index is 0.169. The molecule has 3 heteroatoms. The van der Waals surface area contributed by atoms with E-state index in [1.165, 1.54) is 0 Å². The zero-order chi connectivity index (χ0) is 11.3. The number of anilines is 1. The van der Waals surface area contributed by atoms with Crippen LogP contribution in [0.1, 0.15) is 33.1 Å². The van der Waals surface area contributed by atoms with E-state index >= 15 is 0 Å². The molecule has 1 atom stereocenters. The summed E-state index contributed by atoms with van der Waals surface area (Å²) in [5.41, 5.74) is 0.492. The van der Waals surface area contributed by atoms with E-state index in [2.05, 4.69) is 19.2 Å². The molecule has 15 heavy (non-hydrogen) atoms. The fraction of sp³-hybridized carbons (Fsp3) is 0.500. The van der Waals surface area contributed by atoms with Crippen molar-refractivity contribution in [3.05, 3.63) is 29.0 Å². The number of rotatable bonds is 5. The molecular formula is C12H17ClFN. The Morgan fingerprint density at radius 1 is 1.47 bits per heavy atom. The maximum Gasteiger partial charge on any atom is 0.164 e. The highest BCUT2D eigenvalue weighted by molar-refractivity contribution is 6.31. The second-order valence-electron chi connectivity index (χ2n) is 3.79. The molecule has 0 amide bonds. The molecule has 1 nitrogen and oxygen atoms in total. The summed E-state index contributed by atoms with van der Waals surface area (Å²) in [7, 11) is 0. The molecular weight excluding hydrogens is 213 g/mol. The molecule has 0 spiro atoms. The molecule has 0 radical (unpaired) electrons. The first kappa shape index (κ1) is 12.3. The fourth-order valence-corrected chi connectivity index (χ4v) is 1.64. The second-order valence-corrected chi connectivity index (χ2v) is 4.20. The fourth-order valence-electron chi connectivity index (χ4n) is 1.46. The summed E-state index contributed by atoms with van der Waals surface area (Å²) >= 11 is 5.69. The molecule has 1 unspecified atom stereocenters.